The summed E-state index contributed by atoms with van der Waals surface area (Å²) in [5.74, 6) is 2.18. The van der Waals surface area contributed by atoms with Gasteiger partial charge in [0.05, 0.1) is 6.67 Å². The molecule has 5 rings (SSSR count). The number of piperazine rings is 1. The quantitative estimate of drug-likeness (QED) is 0.579. The number of nitrogens with zero attached hydrogens (tertiary/aromatic N) is 6. The summed E-state index contributed by atoms with van der Waals surface area (Å²) >= 11 is 7.60. The van der Waals surface area contributed by atoms with Gasteiger partial charge in [-0.15, -0.1) is 11.3 Å². The Hall–Kier alpha value is -2.03. The van der Waals surface area contributed by atoms with E-state index < -0.39 is 0 Å². The molecule has 2 fully saturated rings. The van der Waals surface area contributed by atoms with E-state index in [1.807, 2.05) is 23.0 Å². The Labute approximate surface area is 174 Å². The van der Waals surface area contributed by atoms with Crippen LogP contribution in [0.4, 0.5) is 5.82 Å². The van der Waals surface area contributed by atoms with Gasteiger partial charge in [-0.2, -0.15) is 5.10 Å². The molecule has 4 heterocycles. The Bertz CT molecular complexity index is 966. The van der Waals surface area contributed by atoms with Crippen molar-refractivity contribution in [1.82, 2.24) is 24.2 Å². The van der Waals surface area contributed by atoms with Gasteiger partial charge in [0.1, 0.15) is 11.6 Å². The first-order valence-electron chi connectivity index (χ1n) is 9.87. The summed E-state index contributed by atoms with van der Waals surface area (Å²) in [6, 6.07) is 10.9. The fourth-order valence-electron chi connectivity index (χ4n) is 3.80. The molecule has 0 N–H and O–H groups in total. The highest BCUT2D eigenvalue weighted by molar-refractivity contribution is 7.71. The van der Waals surface area contributed by atoms with Gasteiger partial charge in [-0.05, 0) is 48.6 Å². The van der Waals surface area contributed by atoms with Crippen LogP contribution in [0.1, 0.15) is 29.6 Å². The van der Waals surface area contributed by atoms with Crippen molar-refractivity contribution in [3.8, 4) is 0 Å². The molecule has 0 amide bonds. The Morgan fingerprint density at radius 3 is 2.61 bits per heavy atom. The highest BCUT2D eigenvalue weighted by Gasteiger charge is 2.29. The summed E-state index contributed by atoms with van der Waals surface area (Å²) in [7, 11) is 0. The molecule has 1 aliphatic heterocycles. The predicted octanol–water partition coefficient (Wildman–Crippen LogP) is 3.58. The third kappa shape index (κ3) is 3.76. The van der Waals surface area contributed by atoms with Crippen molar-refractivity contribution in [3.63, 3.8) is 0 Å². The molecule has 8 heteroatoms. The van der Waals surface area contributed by atoms with Crippen LogP contribution >= 0.6 is 23.6 Å². The van der Waals surface area contributed by atoms with Crippen LogP contribution in [-0.2, 0) is 13.1 Å². The molecule has 0 atom stereocenters. The number of thiophene rings is 1. The van der Waals surface area contributed by atoms with Crippen molar-refractivity contribution in [3.05, 3.63) is 57.4 Å². The van der Waals surface area contributed by atoms with Gasteiger partial charge in [0.15, 0.2) is 4.77 Å². The number of aromatic nitrogens is 4. The first-order chi connectivity index (χ1) is 13.8. The second kappa shape index (κ2) is 7.77. The van der Waals surface area contributed by atoms with E-state index in [-0.39, 0.29) is 0 Å². The molecule has 3 aromatic heterocycles. The predicted molar refractivity (Wildman–Crippen MR) is 114 cm³/mol. The normalized spacial score (nSPS) is 17.9. The zero-order chi connectivity index (χ0) is 18.9. The van der Waals surface area contributed by atoms with Crippen molar-refractivity contribution in [2.45, 2.75) is 32.0 Å². The minimum absolute atomic E-state index is 0.553. The SMILES string of the molecule is S=c1n(CN2CCN(c3ccccn3)CC2)nc(Cc2cccs2)n1C1CC1. The lowest BCUT2D eigenvalue weighted by atomic mass is 10.3. The average molecular weight is 413 g/mol. The summed E-state index contributed by atoms with van der Waals surface area (Å²) in [5, 5.41) is 7.06. The van der Waals surface area contributed by atoms with E-state index in [1.54, 1.807) is 11.3 Å². The maximum absolute atomic E-state index is 5.81. The maximum atomic E-state index is 5.81. The van der Waals surface area contributed by atoms with Crippen LogP contribution in [-0.4, -0.2) is 50.4 Å². The molecule has 2 aliphatic rings. The van der Waals surface area contributed by atoms with Gasteiger partial charge in [0.25, 0.3) is 0 Å². The minimum Gasteiger partial charge on any atom is -0.354 e. The monoisotopic (exact) mass is 412 g/mol. The van der Waals surface area contributed by atoms with Gasteiger partial charge in [-0.1, -0.05) is 12.1 Å². The molecule has 0 unspecified atom stereocenters. The fraction of sp³-hybridized carbons (Fsp3) is 0.450. The lowest BCUT2D eigenvalue weighted by Gasteiger charge is -2.35. The Morgan fingerprint density at radius 1 is 1.07 bits per heavy atom. The Balaban J connectivity index is 1.29. The molecule has 1 saturated carbocycles. The Kier molecular flexibility index (Phi) is 5.00. The van der Waals surface area contributed by atoms with E-state index in [1.165, 1.54) is 17.7 Å². The van der Waals surface area contributed by atoms with E-state index in [2.05, 4.69) is 42.9 Å². The average Bonchev–Trinajstić information content (AvgIpc) is 3.34. The van der Waals surface area contributed by atoms with Gasteiger partial charge in [-0.25, -0.2) is 9.67 Å². The number of hydrogen-bond donors (Lipinski definition) is 0. The van der Waals surface area contributed by atoms with Gasteiger partial charge >= 0.3 is 0 Å². The molecule has 1 saturated heterocycles. The molecule has 0 radical (unpaired) electrons. The minimum atomic E-state index is 0.553. The molecule has 0 aromatic carbocycles. The number of hydrogen-bond acceptors (Lipinski definition) is 6. The molecule has 0 spiro atoms. The summed E-state index contributed by atoms with van der Waals surface area (Å²) in [5.41, 5.74) is 0. The number of anilines is 1. The van der Waals surface area contributed by atoms with Gasteiger partial charge < -0.3 is 9.47 Å². The first kappa shape index (κ1) is 18.0. The van der Waals surface area contributed by atoms with Crippen LogP contribution in [0, 0.1) is 4.77 Å². The van der Waals surface area contributed by atoms with E-state index in [9.17, 15) is 0 Å². The van der Waals surface area contributed by atoms with Crippen molar-refractivity contribution in [1.29, 1.82) is 0 Å². The van der Waals surface area contributed by atoms with Crippen molar-refractivity contribution in [2.75, 3.05) is 31.1 Å². The van der Waals surface area contributed by atoms with Gasteiger partial charge in [-0.3, -0.25) is 4.90 Å². The van der Waals surface area contributed by atoms with E-state index in [0.29, 0.717) is 6.04 Å². The molecule has 28 heavy (non-hydrogen) atoms. The summed E-state index contributed by atoms with van der Waals surface area (Å²) < 4.78 is 5.22. The lowest BCUT2D eigenvalue weighted by molar-refractivity contribution is 0.193. The van der Waals surface area contributed by atoms with Crippen molar-refractivity contribution >= 4 is 29.4 Å². The second-order valence-corrected chi connectivity index (χ2v) is 8.89. The van der Waals surface area contributed by atoms with E-state index in [0.717, 1.165) is 55.7 Å². The molecular formula is C20H24N6S2. The summed E-state index contributed by atoms with van der Waals surface area (Å²) in [6.45, 7) is 4.72. The number of rotatable bonds is 6. The van der Waals surface area contributed by atoms with Gasteiger partial charge in [0, 0.05) is 49.7 Å². The summed E-state index contributed by atoms with van der Waals surface area (Å²) in [4.78, 5) is 10.6. The molecule has 1 aliphatic carbocycles. The fourth-order valence-corrected chi connectivity index (χ4v) is 4.85. The van der Waals surface area contributed by atoms with Crippen LogP contribution < -0.4 is 4.90 Å². The largest absolute Gasteiger partial charge is 0.354 e. The molecule has 6 nitrogen and oxygen atoms in total. The third-order valence-corrected chi connectivity index (χ3v) is 6.73. The second-order valence-electron chi connectivity index (χ2n) is 7.49. The number of pyridine rings is 1. The first-order valence-corrected chi connectivity index (χ1v) is 11.2. The van der Waals surface area contributed by atoms with E-state index in [4.69, 9.17) is 17.3 Å². The smallest absolute Gasteiger partial charge is 0.199 e. The highest BCUT2D eigenvalue weighted by Crippen LogP contribution is 2.36. The topological polar surface area (TPSA) is 42.1 Å². The van der Waals surface area contributed by atoms with Crippen LogP contribution in [0.5, 0.6) is 0 Å². The molecule has 146 valence electrons. The maximum Gasteiger partial charge on any atom is 0.199 e. The zero-order valence-corrected chi connectivity index (χ0v) is 17.4. The van der Waals surface area contributed by atoms with Crippen LogP contribution in [0.3, 0.4) is 0 Å². The Morgan fingerprint density at radius 2 is 1.93 bits per heavy atom. The van der Waals surface area contributed by atoms with Crippen molar-refractivity contribution in [2.24, 2.45) is 0 Å². The summed E-state index contributed by atoms with van der Waals surface area (Å²) in [6.07, 6.45) is 5.18. The third-order valence-electron chi connectivity index (χ3n) is 5.45. The van der Waals surface area contributed by atoms with Gasteiger partial charge in [0.2, 0.25) is 0 Å². The van der Waals surface area contributed by atoms with E-state index >= 15 is 0 Å². The van der Waals surface area contributed by atoms with Crippen molar-refractivity contribution < 1.29 is 0 Å². The molecule has 0 bridgehead atoms. The molecule has 3 aromatic rings. The lowest BCUT2D eigenvalue weighted by Crippen LogP contribution is -2.47. The molecular weight excluding hydrogens is 388 g/mol. The standard InChI is InChI=1S/C20H24N6S2/c27-20-25(15-23-9-11-24(12-10-23)18-5-1-2-8-21-18)22-19(26(20)16-6-7-16)14-17-4-3-13-28-17/h1-5,8,13,16H,6-7,9-12,14-15H2. The van der Waals surface area contributed by atoms with Crippen LogP contribution in [0.25, 0.3) is 0 Å². The van der Waals surface area contributed by atoms with Crippen LogP contribution in [0.15, 0.2) is 41.9 Å². The zero-order valence-electron chi connectivity index (χ0n) is 15.8. The highest BCUT2D eigenvalue weighted by atomic mass is 32.1. The van der Waals surface area contributed by atoms with Crippen LogP contribution in [0.2, 0.25) is 0 Å².